The van der Waals surface area contributed by atoms with Gasteiger partial charge < -0.3 is 24.6 Å². The summed E-state index contributed by atoms with van der Waals surface area (Å²) in [5.74, 6) is 1.04. The Balaban J connectivity index is 1.22. The van der Waals surface area contributed by atoms with E-state index < -0.39 is 11.6 Å². The van der Waals surface area contributed by atoms with Crippen LogP contribution in [0.25, 0.3) is 0 Å². The molecule has 0 saturated heterocycles. The molecule has 0 fully saturated rings. The minimum absolute atomic E-state index is 0.114. The Morgan fingerprint density at radius 1 is 0.857 bits per heavy atom. The first-order valence-corrected chi connectivity index (χ1v) is 14.7. The van der Waals surface area contributed by atoms with Gasteiger partial charge >= 0.3 is 0 Å². The summed E-state index contributed by atoms with van der Waals surface area (Å²) in [5, 5.41) is 4.62. The number of alkyl halides is 1. The lowest BCUT2D eigenvalue weighted by Crippen LogP contribution is -2.38. The predicted molar refractivity (Wildman–Crippen MR) is 169 cm³/mol. The maximum Gasteiger partial charge on any atom is 0.244 e. The highest BCUT2D eigenvalue weighted by molar-refractivity contribution is 6.35. The number of para-hydroxylation sites is 3. The fourth-order valence-corrected chi connectivity index (χ4v) is 5.31. The second-order valence-corrected chi connectivity index (χ2v) is 11.3. The molecule has 0 bridgehead atoms. The Hall–Kier alpha value is -3.39. The molecular formula is C32H27Cl4N3O3. The zero-order valence-electron chi connectivity index (χ0n) is 22.3. The van der Waals surface area contributed by atoms with E-state index in [0.29, 0.717) is 38.9 Å². The Bertz CT molecular complexity index is 1540. The first kappa shape index (κ1) is 30.1. The van der Waals surface area contributed by atoms with Crippen molar-refractivity contribution in [3.63, 3.8) is 0 Å². The van der Waals surface area contributed by atoms with E-state index in [1.165, 1.54) is 0 Å². The van der Waals surface area contributed by atoms with Gasteiger partial charge in [-0.3, -0.25) is 4.79 Å². The average Bonchev–Trinajstić information content (AvgIpc) is 3.45. The van der Waals surface area contributed by atoms with Crippen molar-refractivity contribution in [2.75, 3.05) is 18.5 Å². The number of amides is 1. The van der Waals surface area contributed by atoms with Crippen LogP contribution in [0.15, 0.2) is 109 Å². The smallest absolute Gasteiger partial charge is 0.244 e. The molecule has 0 aromatic heterocycles. The van der Waals surface area contributed by atoms with Crippen LogP contribution in [0.3, 0.4) is 0 Å². The number of hydrogen-bond donors (Lipinski definition) is 1. The summed E-state index contributed by atoms with van der Waals surface area (Å²) < 4.78 is 12.3. The largest absolute Gasteiger partial charge is 0.455 e. The highest BCUT2D eigenvalue weighted by Gasteiger charge is 2.30. The minimum atomic E-state index is -0.596. The van der Waals surface area contributed by atoms with Gasteiger partial charge in [-0.05, 0) is 59.7 Å². The fraction of sp³-hybridized carbons (Fsp3) is 0.156. The molecule has 1 aliphatic heterocycles. The molecule has 42 heavy (non-hydrogen) atoms. The standard InChI is InChI=1S/C32H27Cl4N3O3/c33-24-13-10-22(11-14-24)31(41-20-23-12-15-25(34)18-27(23)35)32(36)39-17-16-38(21-39)19-30(40)37-28-8-4-5-9-29(28)42-26-6-2-1-3-7-26/h1-18,31-32H,19-21H2,(H,37,40). The average molecular weight is 643 g/mol. The second-order valence-electron chi connectivity index (χ2n) is 9.55. The molecule has 4 aromatic rings. The van der Waals surface area contributed by atoms with Crippen molar-refractivity contribution in [1.82, 2.24) is 9.80 Å². The topological polar surface area (TPSA) is 54.0 Å². The number of nitrogens with one attached hydrogen (secondary N) is 1. The van der Waals surface area contributed by atoms with Crippen molar-refractivity contribution in [1.29, 1.82) is 0 Å². The third kappa shape index (κ3) is 7.91. The number of carbonyl (C=O) groups excluding carboxylic acids is 1. The first-order chi connectivity index (χ1) is 20.4. The quantitative estimate of drug-likeness (QED) is 0.131. The first-order valence-electron chi connectivity index (χ1n) is 13.1. The summed E-state index contributed by atoms with van der Waals surface area (Å²) in [7, 11) is 0. The molecule has 0 aliphatic carbocycles. The molecule has 0 saturated carbocycles. The van der Waals surface area contributed by atoms with E-state index in [4.69, 9.17) is 55.9 Å². The summed E-state index contributed by atoms with van der Waals surface area (Å²) in [6, 6.07) is 29.3. The van der Waals surface area contributed by atoms with Crippen LogP contribution in [0.2, 0.25) is 15.1 Å². The van der Waals surface area contributed by atoms with Crippen LogP contribution in [-0.4, -0.2) is 34.4 Å². The number of carbonyl (C=O) groups is 1. The van der Waals surface area contributed by atoms with Crippen molar-refractivity contribution < 1.29 is 14.3 Å². The van der Waals surface area contributed by atoms with Gasteiger partial charge in [0.2, 0.25) is 5.91 Å². The Labute approximate surface area is 264 Å². The summed E-state index contributed by atoms with van der Waals surface area (Å²) >= 11 is 25.6. The molecule has 1 aliphatic rings. The van der Waals surface area contributed by atoms with Gasteiger partial charge in [0.25, 0.3) is 0 Å². The molecule has 216 valence electrons. The molecule has 1 amide bonds. The Kier molecular flexibility index (Phi) is 10.2. The minimum Gasteiger partial charge on any atom is -0.455 e. The zero-order chi connectivity index (χ0) is 29.5. The fourth-order valence-electron chi connectivity index (χ4n) is 4.37. The van der Waals surface area contributed by atoms with Crippen LogP contribution in [0.4, 0.5) is 5.69 Å². The van der Waals surface area contributed by atoms with Crippen LogP contribution >= 0.6 is 46.4 Å². The molecule has 2 atom stereocenters. The maximum atomic E-state index is 13.0. The van der Waals surface area contributed by atoms with Gasteiger partial charge in [-0.2, -0.15) is 0 Å². The van der Waals surface area contributed by atoms with E-state index in [2.05, 4.69) is 5.32 Å². The van der Waals surface area contributed by atoms with E-state index in [9.17, 15) is 4.79 Å². The number of rotatable bonds is 11. The third-order valence-corrected chi connectivity index (χ3v) is 7.81. The van der Waals surface area contributed by atoms with Crippen molar-refractivity contribution >= 4 is 58.0 Å². The monoisotopic (exact) mass is 641 g/mol. The lowest BCUT2D eigenvalue weighted by atomic mass is 10.1. The maximum absolute atomic E-state index is 13.0. The summed E-state index contributed by atoms with van der Waals surface area (Å²) in [6.07, 6.45) is 3.14. The molecule has 6 nitrogen and oxygen atoms in total. The van der Waals surface area contributed by atoms with Gasteiger partial charge in [0.15, 0.2) is 5.75 Å². The van der Waals surface area contributed by atoms with Crippen molar-refractivity contribution in [3.8, 4) is 11.5 Å². The molecule has 4 aromatic carbocycles. The lowest BCUT2D eigenvalue weighted by Gasteiger charge is -2.31. The Morgan fingerprint density at radius 2 is 1.57 bits per heavy atom. The van der Waals surface area contributed by atoms with E-state index in [1.807, 2.05) is 88.9 Å². The number of ether oxygens (including phenoxy) is 2. The van der Waals surface area contributed by atoms with Crippen molar-refractivity contribution in [2.45, 2.75) is 18.2 Å². The van der Waals surface area contributed by atoms with E-state index in [0.717, 1.165) is 11.1 Å². The van der Waals surface area contributed by atoms with Crippen LogP contribution in [0.5, 0.6) is 11.5 Å². The van der Waals surface area contributed by atoms with Gasteiger partial charge in [-0.15, -0.1) is 0 Å². The summed E-state index contributed by atoms with van der Waals surface area (Å²) in [6.45, 7) is 0.725. The van der Waals surface area contributed by atoms with Gasteiger partial charge in [0, 0.05) is 27.5 Å². The molecule has 0 radical (unpaired) electrons. The summed E-state index contributed by atoms with van der Waals surface area (Å²) in [5.41, 5.74) is 1.63. The summed E-state index contributed by atoms with van der Waals surface area (Å²) in [4.78, 5) is 16.8. The molecule has 1 N–H and O–H groups in total. The third-order valence-electron chi connectivity index (χ3n) is 6.49. The zero-order valence-corrected chi connectivity index (χ0v) is 25.3. The lowest BCUT2D eigenvalue weighted by molar-refractivity contribution is -0.117. The molecule has 2 unspecified atom stereocenters. The molecule has 1 heterocycles. The van der Waals surface area contributed by atoms with Crippen LogP contribution < -0.4 is 10.1 Å². The Morgan fingerprint density at radius 3 is 2.33 bits per heavy atom. The van der Waals surface area contributed by atoms with Gasteiger partial charge in [-0.1, -0.05) is 94.9 Å². The molecular weight excluding hydrogens is 616 g/mol. The number of anilines is 1. The van der Waals surface area contributed by atoms with Crippen molar-refractivity contribution in [2.24, 2.45) is 0 Å². The number of benzene rings is 4. The van der Waals surface area contributed by atoms with Crippen LogP contribution in [-0.2, 0) is 16.1 Å². The molecule has 5 rings (SSSR count). The van der Waals surface area contributed by atoms with Crippen LogP contribution in [0, 0.1) is 0 Å². The molecule has 0 spiro atoms. The van der Waals surface area contributed by atoms with Gasteiger partial charge in [0.1, 0.15) is 17.4 Å². The van der Waals surface area contributed by atoms with E-state index in [1.54, 1.807) is 30.3 Å². The predicted octanol–water partition coefficient (Wildman–Crippen LogP) is 8.95. The molecule has 10 heteroatoms. The van der Waals surface area contributed by atoms with E-state index in [-0.39, 0.29) is 19.1 Å². The van der Waals surface area contributed by atoms with Crippen molar-refractivity contribution in [3.05, 3.63) is 136 Å². The number of nitrogens with zero attached hydrogens (tertiary/aromatic N) is 2. The highest BCUT2D eigenvalue weighted by Crippen LogP contribution is 2.33. The highest BCUT2D eigenvalue weighted by atomic mass is 35.5. The van der Waals surface area contributed by atoms with Gasteiger partial charge in [-0.25, -0.2) is 0 Å². The normalized spacial score (nSPS) is 14.1. The number of hydrogen-bond acceptors (Lipinski definition) is 5. The SMILES string of the molecule is O=C(CN1C=CN(C(Cl)C(OCc2ccc(Cl)cc2Cl)c2ccc(Cl)cc2)C1)Nc1ccccc1Oc1ccccc1. The van der Waals surface area contributed by atoms with Gasteiger partial charge in [0.05, 0.1) is 25.5 Å². The van der Waals surface area contributed by atoms with Crippen LogP contribution in [0.1, 0.15) is 17.2 Å². The second kappa shape index (κ2) is 14.2. The van der Waals surface area contributed by atoms with E-state index >= 15 is 0 Å². The number of halogens is 4.